The first-order valence-electron chi connectivity index (χ1n) is 3.43. The number of carbonyl (C=O) groups excluding carboxylic acids is 1. The zero-order valence-electron chi connectivity index (χ0n) is 7.24. The van der Waals surface area contributed by atoms with Crippen molar-refractivity contribution in [1.29, 1.82) is 5.26 Å². The van der Waals surface area contributed by atoms with Crippen LogP contribution < -0.4 is 5.73 Å². The summed E-state index contributed by atoms with van der Waals surface area (Å²) in [4.78, 5) is 11.3. The quantitative estimate of drug-likeness (QED) is 0.317. The predicted octanol–water partition coefficient (Wildman–Crippen LogP) is 1.12. The SMILES string of the molecule is C=CCOC(=O)/C(SC#N)=C(/C)N. The molecule has 0 atom stereocenters. The number of hydrogen-bond donors (Lipinski definition) is 1. The van der Waals surface area contributed by atoms with Gasteiger partial charge in [-0.2, -0.15) is 5.26 Å². The number of thioether (sulfide) groups is 1. The number of thiocyanates is 1. The molecule has 70 valence electrons. The van der Waals surface area contributed by atoms with Gasteiger partial charge in [0.2, 0.25) is 0 Å². The fourth-order valence-corrected chi connectivity index (χ4v) is 0.923. The van der Waals surface area contributed by atoms with Gasteiger partial charge in [-0.3, -0.25) is 0 Å². The number of esters is 1. The maximum atomic E-state index is 11.2. The second kappa shape index (κ2) is 6.14. The van der Waals surface area contributed by atoms with Gasteiger partial charge in [0.1, 0.15) is 16.9 Å². The van der Waals surface area contributed by atoms with Crippen LogP contribution in [0.15, 0.2) is 23.3 Å². The minimum Gasteiger partial charge on any atom is -0.457 e. The smallest absolute Gasteiger partial charge is 0.347 e. The average molecular weight is 198 g/mol. The molecule has 0 spiro atoms. The molecule has 0 aromatic carbocycles. The Morgan fingerprint density at radius 2 is 2.46 bits per heavy atom. The normalized spacial score (nSPS) is 11.1. The highest BCUT2D eigenvalue weighted by atomic mass is 32.2. The lowest BCUT2D eigenvalue weighted by atomic mass is 10.4. The van der Waals surface area contributed by atoms with Gasteiger partial charge in [-0.1, -0.05) is 12.7 Å². The Hall–Kier alpha value is -1.41. The summed E-state index contributed by atoms with van der Waals surface area (Å²) in [5.74, 6) is -0.591. The van der Waals surface area contributed by atoms with E-state index in [0.717, 1.165) is 0 Å². The second-order valence-electron chi connectivity index (χ2n) is 2.09. The van der Waals surface area contributed by atoms with E-state index >= 15 is 0 Å². The van der Waals surface area contributed by atoms with E-state index in [0.29, 0.717) is 11.8 Å². The molecule has 0 saturated heterocycles. The number of hydrogen-bond acceptors (Lipinski definition) is 5. The number of allylic oxidation sites excluding steroid dienone is 1. The Kier molecular flexibility index (Phi) is 5.48. The van der Waals surface area contributed by atoms with E-state index in [1.54, 1.807) is 5.40 Å². The van der Waals surface area contributed by atoms with Crippen LogP contribution in [-0.4, -0.2) is 12.6 Å². The molecule has 2 N–H and O–H groups in total. The van der Waals surface area contributed by atoms with Crippen LogP contribution in [0.25, 0.3) is 0 Å². The first kappa shape index (κ1) is 11.6. The molecular weight excluding hydrogens is 188 g/mol. The van der Waals surface area contributed by atoms with Crippen LogP contribution in [0.3, 0.4) is 0 Å². The Morgan fingerprint density at radius 3 is 2.85 bits per heavy atom. The van der Waals surface area contributed by atoms with E-state index < -0.39 is 5.97 Å². The van der Waals surface area contributed by atoms with E-state index in [-0.39, 0.29) is 17.2 Å². The second-order valence-corrected chi connectivity index (χ2v) is 2.89. The fourth-order valence-electron chi connectivity index (χ4n) is 0.529. The van der Waals surface area contributed by atoms with Gasteiger partial charge in [-0.05, 0) is 18.7 Å². The molecule has 5 heteroatoms. The molecule has 0 fully saturated rings. The zero-order chi connectivity index (χ0) is 10.3. The third kappa shape index (κ3) is 4.23. The maximum Gasteiger partial charge on any atom is 0.347 e. The van der Waals surface area contributed by atoms with Gasteiger partial charge in [0.25, 0.3) is 0 Å². The standard InChI is InChI=1S/C8H10N2O2S/c1-3-4-12-8(11)7(6(2)10)13-5-9/h3H,1,4,10H2,2H3/b7-6+. The summed E-state index contributed by atoms with van der Waals surface area (Å²) in [5, 5.41) is 10.1. The van der Waals surface area contributed by atoms with Crippen LogP contribution >= 0.6 is 11.8 Å². The molecule has 0 aliphatic rings. The van der Waals surface area contributed by atoms with Crippen molar-refractivity contribution in [3.63, 3.8) is 0 Å². The van der Waals surface area contributed by atoms with Crippen LogP contribution in [0.4, 0.5) is 0 Å². The van der Waals surface area contributed by atoms with Crippen molar-refractivity contribution in [2.75, 3.05) is 6.61 Å². The summed E-state index contributed by atoms with van der Waals surface area (Å²) in [6.07, 6.45) is 1.44. The van der Waals surface area contributed by atoms with Gasteiger partial charge in [0.15, 0.2) is 0 Å². The Bertz CT molecular complexity index is 274. The number of rotatable bonds is 4. The van der Waals surface area contributed by atoms with E-state index in [4.69, 9.17) is 15.7 Å². The Balaban J connectivity index is 4.41. The number of nitrogens with zero attached hydrogens (tertiary/aromatic N) is 1. The average Bonchev–Trinajstić information content (AvgIpc) is 2.09. The highest BCUT2D eigenvalue weighted by Crippen LogP contribution is 2.17. The third-order valence-electron chi connectivity index (χ3n) is 1.02. The lowest BCUT2D eigenvalue weighted by Crippen LogP contribution is -2.10. The lowest BCUT2D eigenvalue weighted by molar-refractivity contribution is -0.137. The number of carbonyl (C=O) groups is 1. The molecule has 4 nitrogen and oxygen atoms in total. The Morgan fingerprint density at radius 1 is 1.85 bits per heavy atom. The number of ether oxygens (including phenoxy) is 1. The van der Waals surface area contributed by atoms with Gasteiger partial charge in [-0.15, -0.1) is 0 Å². The van der Waals surface area contributed by atoms with Gasteiger partial charge in [0, 0.05) is 5.70 Å². The molecule has 0 unspecified atom stereocenters. The van der Waals surface area contributed by atoms with Gasteiger partial charge in [0.05, 0.1) is 0 Å². The molecule has 0 aromatic heterocycles. The molecular formula is C8H10N2O2S. The minimum atomic E-state index is -0.591. The summed E-state index contributed by atoms with van der Waals surface area (Å²) >= 11 is 0.694. The molecule has 0 rings (SSSR count). The molecule has 0 radical (unpaired) electrons. The van der Waals surface area contributed by atoms with E-state index in [1.807, 2.05) is 0 Å². The fraction of sp³-hybridized carbons (Fsp3) is 0.250. The largest absolute Gasteiger partial charge is 0.457 e. The van der Waals surface area contributed by atoms with Gasteiger partial charge in [-0.25, -0.2) is 4.79 Å². The van der Waals surface area contributed by atoms with Crippen LogP contribution in [0.2, 0.25) is 0 Å². The summed E-state index contributed by atoms with van der Waals surface area (Å²) in [6.45, 7) is 5.04. The monoisotopic (exact) mass is 198 g/mol. The van der Waals surface area contributed by atoms with Crippen molar-refractivity contribution in [3.05, 3.63) is 23.3 Å². The Labute approximate surface area is 81.0 Å². The van der Waals surface area contributed by atoms with Crippen LogP contribution in [-0.2, 0) is 9.53 Å². The summed E-state index contributed by atoms with van der Waals surface area (Å²) in [6, 6.07) is 0. The minimum absolute atomic E-state index is 0.113. The topological polar surface area (TPSA) is 76.1 Å². The summed E-state index contributed by atoms with van der Waals surface area (Å²) in [5.41, 5.74) is 5.65. The lowest BCUT2D eigenvalue weighted by Gasteiger charge is -2.03. The van der Waals surface area contributed by atoms with Crippen molar-refractivity contribution in [2.45, 2.75) is 6.92 Å². The molecule has 0 aliphatic carbocycles. The number of nitrogens with two attached hydrogens (primary N) is 1. The summed E-state index contributed by atoms with van der Waals surface area (Å²) < 4.78 is 4.70. The number of nitriles is 1. The van der Waals surface area contributed by atoms with Crippen molar-refractivity contribution in [3.8, 4) is 5.40 Å². The highest BCUT2D eigenvalue weighted by molar-refractivity contribution is 8.08. The van der Waals surface area contributed by atoms with Crippen molar-refractivity contribution >= 4 is 17.7 Å². The van der Waals surface area contributed by atoms with Crippen molar-refractivity contribution < 1.29 is 9.53 Å². The maximum absolute atomic E-state index is 11.2. The van der Waals surface area contributed by atoms with Crippen LogP contribution in [0.1, 0.15) is 6.92 Å². The first-order valence-corrected chi connectivity index (χ1v) is 4.25. The van der Waals surface area contributed by atoms with E-state index in [2.05, 4.69) is 6.58 Å². The third-order valence-corrected chi connectivity index (χ3v) is 1.81. The van der Waals surface area contributed by atoms with Crippen molar-refractivity contribution in [2.24, 2.45) is 5.73 Å². The van der Waals surface area contributed by atoms with Gasteiger partial charge >= 0.3 is 5.97 Å². The first-order chi connectivity index (χ1) is 6.13. The van der Waals surface area contributed by atoms with Crippen molar-refractivity contribution in [1.82, 2.24) is 0 Å². The van der Waals surface area contributed by atoms with Gasteiger partial charge < -0.3 is 10.5 Å². The molecule has 13 heavy (non-hydrogen) atoms. The predicted molar refractivity (Wildman–Crippen MR) is 51.2 cm³/mol. The zero-order valence-corrected chi connectivity index (χ0v) is 8.06. The van der Waals surface area contributed by atoms with Crippen LogP contribution in [0.5, 0.6) is 0 Å². The van der Waals surface area contributed by atoms with E-state index in [1.165, 1.54) is 13.0 Å². The van der Waals surface area contributed by atoms with Crippen LogP contribution in [0, 0.1) is 10.7 Å². The molecule has 0 saturated carbocycles. The van der Waals surface area contributed by atoms with E-state index in [9.17, 15) is 4.79 Å². The molecule has 0 heterocycles. The molecule has 0 bridgehead atoms. The molecule has 0 aliphatic heterocycles. The summed E-state index contributed by atoms with van der Waals surface area (Å²) in [7, 11) is 0. The highest BCUT2D eigenvalue weighted by Gasteiger charge is 2.13. The molecule has 0 aromatic rings. The molecule has 0 amide bonds.